The van der Waals surface area contributed by atoms with Gasteiger partial charge in [0.25, 0.3) is 0 Å². The van der Waals surface area contributed by atoms with Crippen molar-refractivity contribution in [2.75, 3.05) is 23.7 Å². The van der Waals surface area contributed by atoms with E-state index >= 15 is 0 Å². The minimum atomic E-state index is -0.178. The molecule has 1 unspecified atom stereocenters. The highest BCUT2D eigenvalue weighted by molar-refractivity contribution is 7.13. The van der Waals surface area contributed by atoms with Crippen molar-refractivity contribution in [3.8, 4) is 11.3 Å². The number of nitrogens with two attached hydrogens (primary N) is 1. The van der Waals surface area contributed by atoms with Crippen LogP contribution in [-0.4, -0.2) is 18.1 Å². The van der Waals surface area contributed by atoms with Gasteiger partial charge in [0.05, 0.1) is 11.4 Å². The van der Waals surface area contributed by atoms with E-state index in [2.05, 4.69) is 16.8 Å². The SMILES string of the molecule is CC1CCCN(c2ccc(-c3csc(N)n3)cc2F)C1. The first kappa shape index (κ1) is 13.4. The molecule has 1 fully saturated rings. The summed E-state index contributed by atoms with van der Waals surface area (Å²) in [5.74, 6) is 0.448. The third-order valence-corrected chi connectivity index (χ3v) is 4.44. The Bertz CT molecular complexity index is 611. The van der Waals surface area contributed by atoms with Gasteiger partial charge in [-0.1, -0.05) is 13.0 Å². The average molecular weight is 291 g/mol. The Hall–Kier alpha value is -1.62. The van der Waals surface area contributed by atoms with Gasteiger partial charge in [-0.3, -0.25) is 0 Å². The van der Waals surface area contributed by atoms with Gasteiger partial charge in [-0.05, 0) is 30.9 Å². The molecule has 5 heteroatoms. The predicted octanol–water partition coefficient (Wildman–Crippen LogP) is 3.77. The number of rotatable bonds is 2. The Labute approximate surface area is 122 Å². The molecule has 0 saturated carbocycles. The molecule has 0 amide bonds. The second kappa shape index (κ2) is 5.40. The minimum Gasteiger partial charge on any atom is -0.375 e. The molecule has 3 nitrogen and oxygen atoms in total. The summed E-state index contributed by atoms with van der Waals surface area (Å²) < 4.78 is 14.4. The van der Waals surface area contributed by atoms with Crippen LogP contribution in [0.3, 0.4) is 0 Å². The maximum atomic E-state index is 14.4. The summed E-state index contributed by atoms with van der Waals surface area (Å²) >= 11 is 1.37. The zero-order valence-corrected chi connectivity index (χ0v) is 12.3. The van der Waals surface area contributed by atoms with Gasteiger partial charge in [-0.15, -0.1) is 11.3 Å². The lowest BCUT2D eigenvalue weighted by molar-refractivity contribution is 0.442. The van der Waals surface area contributed by atoms with Crippen LogP contribution in [0.1, 0.15) is 19.8 Å². The van der Waals surface area contributed by atoms with Crippen molar-refractivity contribution < 1.29 is 4.39 Å². The summed E-state index contributed by atoms with van der Waals surface area (Å²) in [5, 5.41) is 2.36. The third kappa shape index (κ3) is 2.63. The zero-order chi connectivity index (χ0) is 14.1. The quantitative estimate of drug-likeness (QED) is 0.916. The van der Waals surface area contributed by atoms with E-state index in [0.717, 1.165) is 30.8 Å². The minimum absolute atomic E-state index is 0.178. The molecular weight excluding hydrogens is 273 g/mol. The highest BCUT2D eigenvalue weighted by atomic mass is 32.1. The summed E-state index contributed by atoms with van der Waals surface area (Å²) in [6.45, 7) is 4.08. The van der Waals surface area contributed by atoms with Gasteiger partial charge >= 0.3 is 0 Å². The molecule has 0 radical (unpaired) electrons. The number of hydrogen-bond donors (Lipinski definition) is 1. The highest BCUT2D eigenvalue weighted by Crippen LogP contribution is 2.30. The zero-order valence-electron chi connectivity index (χ0n) is 11.5. The van der Waals surface area contributed by atoms with Gasteiger partial charge in [0, 0.05) is 24.0 Å². The molecule has 1 atom stereocenters. The number of hydrogen-bond acceptors (Lipinski definition) is 4. The molecule has 1 aromatic heterocycles. The summed E-state index contributed by atoms with van der Waals surface area (Å²) in [7, 11) is 0. The third-order valence-electron chi connectivity index (χ3n) is 3.76. The Morgan fingerprint density at radius 1 is 1.45 bits per heavy atom. The Balaban J connectivity index is 1.87. The normalized spacial score (nSPS) is 19.3. The number of nitrogens with zero attached hydrogens (tertiary/aromatic N) is 2. The Morgan fingerprint density at radius 2 is 2.30 bits per heavy atom. The van der Waals surface area contributed by atoms with Crippen molar-refractivity contribution in [1.82, 2.24) is 4.98 Å². The van der Waals surface area contributed by atoms with Gasteiger partial charge in [0.1, 0.15) is 5.82 Å². The molecule has 3 rings (SSSR count). The van der Waals surface area contributed by atoms with E-state index < -0.39 is 0 Å². The number of piperidine rings is 1. The van der Waals surface area contributed by atoms with Gasteiger partial charge in [0.2, 0.25) is 0 Å². The highest BCUT2D eigenvalue weighted by Gasteiger charge is 2.19. The van der Waals surface area contributed by atoms with Crippen LogP contribution in [0.4, 0.5) is 15.2 Å². The topological polar surface area (TPSA) is 42.1 Å². The first-order valence-electron chi connectivity index (χ1n) is 6.89. The number of anilines is 2. The van der Waals surface area contributed by atoms with Crippen LogP contribution in [0.25, 0.3) is 11.3 Å². The summed E-state index contributed by atoms with van der Waals surface area (Å²) in [6, 6.07) is 5.34. The molecule has 1 aliphatic heterocycles. The molecule has 0 spiro atoms. The van der Waals surface area contributed by atoms with Crippen LogP contribution in [0, 0.1) is 11.7 Å². The second-order valence-corrected chi connectivity index (χ2v) is 6.32. The van der Waals surface area contributed by atoms with Crippen LogP contribution >= 0.6 is 11.3 Å². The van der Waals surface area contributed by atoms with Crippen LogP contribution in [-0.2, 0) is 0 Å². The fourth-order valence-electron chi connectivity index (χ4n) is 2.75. The fraction of sp³-hybridized carbons (Fsp3) is 0.400. The van der Waals surface area contributed by atoms with E-state index in [-0.39, 0.29) is 5.82 Å². The molecule has 0 aliphatic carbocycles. The maximum Gasteiger partial charge on any atom is 0.180 e. The average Bonchev–Trinajstić information content (AvgIpc) is 2.85. The lowest BCUT2D eigenvalue weighted by Crippen LogP contribution is -2.34. The molecule has 1 saturated heterocycles. The lowest BCUT2D eigenvalue weighted by atomic mass is 9.99. The molecule has 1 aliphatic rings. The predicted molar refractivity (Wildman–Crippen MR) is 82.5 cm³/mol. The summed E-state index contributed by atoms with van der Waals surface area (Å²) in [5.41, 5.74) is 7.84. The molecule has 0 bridgehead atoms. The van der Waals surface area contributed by atoms with Gasteiger partial charge < -0.3 is 10.6 Å². The Morgan fingerprint density at radius 3 is 2.95 bits per heavy atom. The first-order valence-corrected chi connectivity index (χ1v) is 7.77. The van der Waals surface area contributed by atoms with E-state index in [1.54, 1.807) is 6.07 Å². The number of thiazole rings is 1. The second-order valence-electron chi connectivity index (χ2n) is 5.43. The van der Waals surface area contributed by atoms with Crippen LogP contribution < -0.4 is 10.6 Å². The monoisotopic (exact) mass is 291 g/mol. The molecule has 2 aromatic rings. The van der Waals surface area contributed by atoms with Crippen LogP contribution in [0.2, 0.25) is 0 Å². The van der Waals surface area contributed by atoms with Crippen molar-refractivity contribution in [2.45, 2.75) is 19.8 Å². The van der Waals surface area contributed by atoms with Crippen LogP contribution in [0.15, 0.2) is 23.6 Å². The summed E-state index contributed by atoms with van der Waals surface area (Å²) in [6.07, 6.45) is 2.36. The van der Waals surface area contributed by atoms with Gasteiger partial charge in [-0.25, -0.2) is 9.37 Å². The first-order chi connectivity index (χ1) is 9.63. The van der Waals surface area contributed by atoms with E-state index in [9.17, 15) is 4.39 Å². The fourth-order valence-corrected chi connectivity index (χ4v) is 3.32. The van der Waals surface area contributed by atoms with E-state index in [4.69, 9.17) is 5.73 Å². The van der Waals surface area contributed by atoms with Crippen molar-refractivity contribution in [3.63, 3.8) is 0 Å². The van der Waals surface area contributed by atoms with Crippen molar-refractivity contribution in [2.24, 2.45) is 5.92 Å². The van der Waals surface area contributed by atoms with Crippen molar-refractivity contribution in [1.29, 1.82) is 0 Å². The Kier molecular flexibility index (Phi) is 3.61. The molecular formula is C15H18FN3S. The van der Waals surface area contributed by atoms with Crippen molar-refractivity contribution >= 4 is 22.2 Å². The van der Waals surface area contributed by atoms with Gasteiger partial charge in [0.15, 0.2) is 5.13 Å². The largest absolute Gasteiger partial charge is 0.375 e. The van der Waals surface area contributed by atoms with Gasteiger partial charge in [-0.2, -0.15) is 0 Å². The maximum absolute atomic E-state index is 14.4. The number of benzene rings is 1. The molecule has 106 valence electrons. The van der Waals surface area contributed by atoms with Crippen LogP contribution in [0.5, 0.6) is 0 Å². The van der Waals surface area contributed by atoms with E-state index in [1.165, 1.54) is 17.8 Å². The molecule has 1 aromatic carbocycles. The van der Waals surface area contributed by atoms with Crippen molar-refractivity contribution in [3.05, 3.63) is 29.4 Å². The number of nitrogen functional groups attached to an aromatic ring is 1. The standard InChI is InChI=1S/C15H18FN3S/c1-10-3-2-6-19(8-10)14-5-4-11(7-12(14)16)13-9-20-15(17)18-13/h4-5,7,9-10H,2-3,6,8H2,1H3,(H2,17,18). The summed E-state index contributed by atoms with van der Waals surface area (Å²) in [4.78, 5) is 6.33. The molecule has 2 N–H and O–H groups in total. The van der Waals surface area contributed by atoms with E-state index in [0.29, 0.717) is 16.7 Å². The smallest absolute Gasteiger partial charge is 0.180 e. The van der Waals surface area contributed by atoms with E-state index in [1.807, 2.05) is 17.5 Å². The number of aromatic nitrogens is 1. The molecule has 20 heavy (non-hydrogen) atoms. The molecule has 2 heterocycles. The number of halogens is 1. The lowest BCUT2D eigenvalue weighted by Gasteiger charge is -2.33.